The number of hydrogen-bond donors (Lipinski definition) is 0. The number of piperazine rings is 1. The van der Waals surface area contributed by atoms with Crippen LogP contribution in [-0.2, 0) is 9.53 Å². The molecule has 0 saturated carbocycles. The molecule has 1 saturated heterocycles. The molecule has 1 aromatic heterocycles. The van der Waals surface area contributed by atoms with Gasteiger partial charge in [0.05, 0.1) is 7.11 Å². The van der Waals surface area contributed by atoms with E-state index in [-0.39, 0.29) is 12.5 Å². The van der Waals surface area contributed by atoms with E-state index in [1.165, 1.54) is 0 Å². The Balaban J connectivity index is 1.50. The number of aryl methyl sites for hydroxylation is 2. The molecule has 2 heterocycles. The number of rotatable bonds is 5. The average molecular weight is 386 g/mol. The molecule has 0 spiro atoms. The van der Waals surface area contributed by atoms with Gasteiger partial charge in [-0.25, -0.2) is 4.79 Å². The summed E-state index contributed by atoms with van der Waals surface area (Å²) in [7, 11) is 1.64. The summed E-state index contributed by atoms with van der Waals surface area (Å²) in [6.45, 7) is 7.70. The molecular weight excluding hydrogens is 360 g/mol. The van der Waals surface area contributed by atoms with Gasteiger partial charge < -0.3 is 23.7 Å². The molecule has 0 aliphatic carbocycles. The molecule has 1 amide bonds. The molecule has 1 fully saturated rings. The van der Waals surface area contributed by atoms with E-state index in [1.54, 1.807) is 25.9 Å². The average Bonchev–Trinajstić information content (AvgIpc) is 2.97. The van der Waals surface area contributed by atoms with Gasteiger partial charge in [0.1, 0.15) is 22.8 Å². The van der Waals surface area contributed by atoms with Gasteiger partial charge in [-0.2, -0.15) is 0 Å². The van der Waals surface area contributed by atoms with E-state index in [1.807, 2.05) is 31.2 Å². The zero-order chi connectivity index (χ0) is 20.3. The number of carbonyl (C=O) groups is 2. The van der Waals surface area contributed by atoms with Crippen molar-refractivity contribution in [3.63, 3.8) is 0 Å². The Kier molecular flexibility index (Phi) is 5.92. The molecule has 1 aromatic carbocycles. The fourth-order valence-corrected chi connectivity index (χ4v) is 3.39. The van der Waals surface area contributed by atoms with Crippen molar-refractivity contribution in [2.45, 2.75) is 20.8 Å². The highest BCUT2D eigenvalue weighted by molar-refractivity contribution is 5.93. The molecular formula is C21H26N2O5. The lowest BCUT2D eigenvalue weighted by Crippen LogP contribution is -2.49. The maximum atomic E-state index is 12.4. The van der Waals surface area contributed by atoms with Crippen LogP contribution in [0.4, 0.5) is 5.69 Å². The third-order valence-corrected chi connectivity index (χ3v) is 5.16. The Morgan fingerprint density at radius 3 is 2.18 bits per heavy atom. The monoisotopic (exact) mass is 386 g/mol. The quantitative estimate of drug-likeness (QED) is 0.736. The summed E-state index contributed by atoms with van der Waals surface area (Å²) in [5.74, 6) is 1.32. The third-order valence-electron chi connectivity index (χ3n) is 5.16. The number of nitrogens with zero attached hydrogens (tertiary/aromatic N) is 2. The maximum absolute atomic E-state index is 12.4. The number of amides is 1. The lowest BCUT2D eigenvalue weighted by Gasteiger charge is -2.36. The van der Waals surface area contributed by atoms with Crippen LogP contribution in [0.25, 0.3) is 0 Å². The summed E-state index contributed by atoms with van der Waals surface area (Å²) >= 11 is 0. The number of ether oxygens (including phenoxy) is 2. The fraction of sp³-hybridized carbons (Fsp3) is 0.429. The van der Waals surface area contributed by atoms with E-state index in [0.29, 0.717) is 30.2 Å². The van der Waals surface area contributed by atoms with Crippen LogP contribution in [0.3, 0.4) is 0 Å². The zero-order valence-corrected chi connectivity index (χ0v) is 16.8. The van der Waals surface area contributed by atoms with Crippen LogP contribution in [0, 0.1) is 20.8 Å². The normalized spacial score (nSPS) is 14.1. The topological polar surface area (TPSA) is 72.2 Å². The highest BCUT2D eigenvalue weighted by Gasteiger charge is 2.24. The lowest BCUT2D eigenvalue weighted by molar-refractivity contribution is -0.134. The molecule has 3 rings (SSSR count). The summed E-state index contributed by atoms with van der Waals surface area (Å²) in [5.41, 5.74) is 2.26. The van der Waals surface area contributed by atoms with E-state index in [4.69, 9.17) is 13.9 Å². The van der Waals surface area contributed by atoms with Gasteiger partial charge in [0.25, 0.3) is 5.91 Å². The first-order valence-electron chi connectivity index (χ1n) is 9.31. The molecule has 2 aromatic rings. The fourth-order valence-electron chi connectivity index (χ4n) is 3.39. The molecule has 7 nitrogen and oxygen atoms in total. The number of hydrogen-bond acceptors (Lipinski definition) is 6. The van der Waals surface area contributed by atoms with Gasteiger partial charge in [-0.3, -0.25) is 4.79 Å². The first-order valence-corrected chi connectivity index (χ1v) is 9.31. The van der Waals surface area contributed by atoms with Crippen molar-refractivity contribution >= 4 is 17.6 Å². The van der Waals surface area contributed by atoms with Crippen molar-refractivity contribution in [2.24, 2.45) is 0 Å². The Labute approximate surface area is 164 Å². The van der Waals surface area contributed by atoms with Crippen LogP contribution in [-0.4, -0.2) is 56.7 Å². The van der Waals surface area contributed by atoms with Gasteiger partial charge in [0, 0.05) is 37.4 Å². The highest BCUT2D eigenvalue weighted by Crippen LogP contribution is 2.22. The molecule has 0 N–H and O–H groups in total. The van der Waals surface area contributed by atoms with Crippen molar-refractivity contribution in [3.8, 4) is 5.75 Å². The molecule has 7 heteroatoms. The molecule has 0 bridgehead atoms. The Bertz CT molecular complexity index is 848. The molecule has 1 aliphatic heterocycles. The van der Waals surface area contributed by atoms with Crippen molar-refractivity contribution in [1.82, 2.24) is 4.90 Å². The van der Waals surface area contributed by atoms with Crippen LogP contribution in [0.15, 0.2) is 28.7 Å². The van der Waals surface area contributed by atoms with Gasteiger partial charge in [0.15, 0.2) is 6.61 Å². The number of methoxy groups -OCH3 is 1. The number of anilines is 1. The van der Waals surface area contributed by atoms with Crippen molar-refractivity contribution in [2.75, 3.05) is 44.8 Å². The van der Waals surface area contributed by atoms with Crippen molar-refractivity contribution < 1.29 is 23.5 Å². The molecule has 0 unspecified atom stereocenters. The Hall–Kier alpha value is -2.96. The predicted molar refractivity (Wildman–Crippen MR) is 105 cm³/mol. The van der Waals surface area contributed by atoms with Crippen molar-refractivity contribution in [3.05, 3.63) is 46.9 Å². The van der Waals surface area contributed by atoms with E-state index in [9.17, 15) is 9.59 Å². The summed E-state index contributed by atoms with van der Waals surface area (Å²) in [4.78, 5) is 28.7. The molecule has 0 radical (unpaired) electrons. The van der Waals surface area contributed by atoms with E-state index < -0.39 is 5.97 Å². The van der Waals surface area contributed by atoms with Gasteiger partial charge in [0.2, 0.25) is 0 Å². The molecule has 1 aliphatic rings. The van der Waals surface area contributed by atoms with E-state index in [0.717, 1.165) is 30.1 Å². The molecule has 150 valence electrons. The van der Waals surface area contributed by atoms with E-state index >= 15 is 0 Å². The molecule has 28 heavy (non-hydrogen) atoms. The first kappa shape index (κ1) is 19.8. The molecule has 0 atom stereocenters. The van der Waals surface area contributed by atoms with Gasteiger partial charge >= 0.3 is 5.97 Å². The number of furan rings is 1. The lowest BCUT2D eigenvalue weighted by atomic mass is 10.1. The van der Waals surface area contributed by atoms with Crippen LogP contribution >= 0.6 is 0 Å². The van der Waals surface area contributed by atoms with E-state index in [2.05, 4.69) is 4.90 Å². The largest absolute Gasteiger partial charge is 0.497 e. The second-order valence-electron chi connectivity index (χ2n) is 6.86. The summed E-state index contributed by atoms with van der Waals surface area (Å²) < 4.78 is 15.9. The van der Waals surface area contributed by atoms with Gasteiger partial charge in [-0.15, -0.1) is 0 Å². The third kappa shape index (κ3) is 4.13. The SMILES string of the molecule is COc1ccc(N2CCN(C(=O)COC(=O)c3c(C)oc(C)c3C)CC2)cc1. The smallest absolute Gasteiger partial charge is 0.342 e. The number of carbonyl (C=O) groups excluding carboxylic acids is 2. The zero-order valence-electron chi connectivity index (χ0n) is 16.8. The first-order chi connectivity index (χ1) is 13.4. The minimum atomic E-state index is -0.517. The predicted octanol–water partition coefficient (Wildman–Crippen LogP) is 2.72. The summed E-state index contributed by atoms with van der Waals surface area (Å²) in [6.07, 6.45) is 0. The van der Waals surface area contributed by atoms with Crippen LogP contribution < -0.4 is 9.64 Å². The summed E-state index contributed by atoms with van der Waals surface area (Å²) in [5, 5.41) is 0. The number of benzene rings is 1. The Morgan fingerprint density at radius 1 is 1.00 bits per heavy atom. The van der Waals surface area contributed by atoms with Crippen LogP contribution in [0.2, 0.25) is 0 Å². The van der Waals surface area contributed by atoms with Crippen LogP contribution in [0.1, 0.15) is 27.4 Å². The van der Waals surface area contributed by atoms with Gasteiger partial charge in [-0.05, 0) is 45.0 Å². The summed E-state index contributed by atoms with van der Waals surface area (Å²) in [6, 6.07) is 7.87. The Morgan fingerprint density at radius 2 is 1.64 bits per heavy atom. The second-order valence-corrected chi connectivity index (χ2v) is 6.86. The van der Waals surface area contributed by atoms with Gasteiger partial charge in [-0.1, -0.05) is 0 Å². The number of esters is 1. The minimum absolute atomic E-state index is 0.182. The second kappa shape index (κ2) is 8.37. The van der Waals surface area contributed by atoms with Crippen molar-refractivity contribution in [1.29, 1.82) is 0 Å². The standard InChI is InChI=1S/C21H26N2O5/c1-14-15(2)28-16(3)20(14)21(25)27-13-19(24)23-11-9-22(10-12-23)17-5-7-18(26-4)8-6-17/h5-8H,9-13H2,1-4H3. The minimum Gasteiger partial charge on any atom is -0.497 e. The maximum Gasteiger partial charge on any atom is 0.342 e. The van der Waals surface area contributed by atoms with Crippen LogP contribution in [0.5, 0.6) is 5.75 Å². The highest BCUT2D eigenvalue weighted by atomic mass is 16.5.